The first-order valence-electron chi connectivity index (χ1n) is 7.85. The average Bonchev–Trinajstić information content (AvgIpc) is 2.48. The number of pyridine rings is 1. The van der Waals surface area contributed by atoms with Gasteiger partial charge in [0.15, 0.2) is 6.20 Å². The van der Waals surface area contributed by atoms with Crippen LogP contribution in [0.15, 0.2) is 18.3 Å². The minimum absolute atomic E-state index is 0.0558. The highest BCUT2D eigenvalue weighted by Gasteiger charge is 2.50. The van der Waals surface area contributed by atoms with E-state index in [1.54, 1.807) is 6.07 Å². The fourth-order valence-electron chi connectivity index (χ4n) is 3.07. The quantitative estimate of drug-likeness (QED) is 0.658. The van der Waals surface area contributed by atoms with Crippen LogP contribution >= 0.6 is 0 Å². The number of rotatable bonds is 2. The van der Waals surface area contributed by atoms with Crippen LogP contribution in [0.25, 0.3) is 0 Å². The number of nitro groups is 1. The lowest BCUT2D eigenvalue weighted by Crippen LogP contribution is -2.70. The molecule has 2 heterocycles. The molecule has 0 spiro atoms. The first-order chi connectivity index (χ1) is 11.0. The van der Waals surface area contributed by atoms with Gasteiger partial charge in [0.25, 0.3) is 0 Å². The summed E-state index contributed by atoms with van der Waals surface area (Å²) in [5.41, 5.74) is -0.126. The van der Waals surface area contributed by atoms with Crippen molar-refractivity contribution >= 4 is 17.6 Å². The van der Waals surface area contributed by atoms with Crippen molar-refractivity contribution in [3.8, 4) is 0 Å². The fourth-order valence-corrected chi connectivity index (χ4v) is 3.07. The van der Waals surface area contributed by atoms with E-state index in [-0.39, 0.29) is 17.3 Å². The highest BCUT2D eigenvalue weighted by molar-refractivity contribution is 5.67. The summed E-state index contributed by atoms with van der Waals surface area (Å²) in [6.07, 6.45) is 0.550. The standard InChI is InChI=1S/C16H24N4O4/c1-11-9-19(14(21)22)16(5,15(2,3)4)10-18(11)12-6-7-13(17-8-12)20(23)24/h6-8,11H,9-10H2,1-5H3,(H,21,22)/t11-,16-/m0/s1. The second-order valence-electron chi connectivity index (χ2n) is 7.53. The van der Waals surface area contributed by atoms with Crippen LogP contribution in [-0.2, 0) is 0 Å². The summed E-state index contributed by atoms with van der Waals surface area (Å²) in [4.78, 5) is 29.4. The summed E-state index contributed by atoms with van der Waals surface area (Å²) in [5, 5.41) is 20.4. The number of amides is 1. The molecule has 1 aliphatic heterocycles. The molecule has 0 bridgehead atoms. The number of hydrogen-bond acceptors (Lipinski definition) is 5. The zero-order valence-corrected chi connectivity index (χ0v) is 14.7. The molecule has 1 N–H and O–H groups in total. The Balaban J connectivity index is 2.39. The Bertz CT molecular complexity index is 640. The Labute approximate surface area is 141 Å². The maximum Gasteiger partial charge on any atom is 0.407 e. The molecule has 1 amide bonds. The molecule has 2 rings (SSSR count). The van der Waals surface area contributed by atoms with Crippen LogP contribution in [0.1, 0.15) is 34.6 Å². The lowest BCUT2D eigenvalue weighted by molar-refractivity contribution is -0.389. The maximum atomic E-state index is 11.7. The van der Waals surface area contributed by atoms with Crippen molar-refractivity contribution in [3.63, 3.8) is 0 Å². The van der Waals surface area contributed by atoms with Gasteiger partial charge in [0.05, 0.1) is 11.2 Å². The van der Waals surface area contributed by atoms with Crippen LogP contribution in [0.2, 0.25) is 0 Å². The number of carbonyl (C=O) groups is 1. The Morgan fingerprint density at radius 3 is 2.50 bits per heavy atom. The molecule has 1 saturated heterocycles. The monoisotopic (exact) mass is 336 g/mol. The maximum absolute atomic E-state index is 11.7. The van der Waals surface area contributed by atoms with E-state index < -0.39 is 16.6 Å². The van der Waals surface area contributed by atoms with Crippen molar-refractivity contribution in [2.75, 3.05) is 18.0 Å². The Morgan fingerprint density at radius 2 is 2.08 bits per heavy atom. The predicted octanol–water partition coefficient (Wildman–Crippen LogP) is 2.98. The van der Waals surface area contributed by atoms with Gasteiger partial charge in [-0.25, -0.2) is 4.79 Å². The van der Waals surface area contributed by atoms with Crippen LogP contribution in [0.4, 0.5) is 16.3 Å². The number of hydrogen-bond donors (Lipinski definition) is 1. The summed E-state index contributed by atoms with van der Waals surface area (Å²) >= 11 is 0. The fraction of sp³-hybridized carbons (Fsp3) is 0.625. The van der Waals surface area contributed by atoms with Crippen LogP contribution in [-0.4, -0.2) is 50.7 Å². The van der Waals surface area contributed by atoms with Gasteiger partial charge < -0.3 is 20.1 Å². The molecular weight excluding hydrogens is 312 g/mol. The van der Waals surface area contributed by atoms with Crippen LogP contribution < -0.4 is 4.90 Å². The molecule has 0 radical (unpaired) electrons. The molecule has 24 heavy (non-hydrogen) atoms. The normalized spacial score (nSPS) is 24.8. The van der Waals surface area contributed by atoms with E-state index in [9.17, 15) is 20.0 Å². The second kappa shape index (κ2) is 5.92. The van der Waals surface area contributed by atoms with Crippen LogP contribution in [0, 0.1) is 15.5 Å². The third kappa shape index (κ3) is 3.00. The van der Waals surface area contributed by atoms with Gasteiger partial charge in [-0.3, -0.25) is 4.90 Å². The van der Waals surface area contributed by atoms with Gasteiger partial charge in [-0.1, -0.05) is 20.8 Å². The molecule has 132 valence electrons. The van der Waals surface area contributed by atoms with E-state index in [1.165, 1.54) is 17.2 Å². The summed E-state index contributed by atoms with van der Waals surface area (Å²) in [7, 11) is 0. The predicted molar refractivity (Wildman–Crippen MR) is 90.3 cm³/mol. The summed E-state index contributed by atoms with van der Waals surface area (Å²) in [6, 6.07) is 2.99. The topological polar surface area (TPSA) is 99.8 Å². The van der Waals surface area contributed by atoms with Crippen molar-refractivity contribution in [1.29, 1.82) is 0 Å². The third-order valence-corrected chi connectivity index (χ3v) is 5.15. The van der Waals surface area contributed by atoms with Gasteiger partial charge in [-0.05, 0) is 35.2 Å². The Kier molecular flexibility index (Phi) is 4.43. The van der Waals surface area contributed by atoms with E-state index in [4.69, 9.17) is 0 Å². The van der Waals surface area contributed by atoms with E-state index >= 15 is 0 Å². The molecule has 2 atom stereocenters. The van der Waals surface area contributed by atoms with Gasteiger partial charge in [0.2, 0.25) is 0 Å². The van der Waals surface area contributed by atoms with Crippen molar-refractivity contribution in [2.45, 2.75) is 46.2 Å². The zero-order valence-electron chi connectivity index (χ0n) is 14.7. The summed E-state index contributed by atoms with van der Waals surface area (Å²) in [5.74, 6) is -0.200. The minimum atomic E-state index is -0.930. The van der Waals surface area contributed by atoms with Crippen molar-refractivity contribution in [1.82, 2.24) is 9.88 Å². The van der Waals surface area contributed by atoms with E-state index in [1.807, 2.05) is 34.6 Å². The van der Waals surface area contributed by atoms with E-state index in [2.05, 4.69) is 9.88 Å². The number of anilines is 1. The largest absolute Gasteiger partial charge is 0.465 e. The van der Waals surface area contributed by atoms with E-state index in [0.29, 0.717) is 13.1 Å². The first-order valence-corrected chi connectivity index (χ1v) is 7.85. The van der Waals surface area contributed by atoms with Crippen molar-refractivity contribution in [3.05, 3.63) is 28.4 Å². The number of carboxylic acid groups (broad SMARTS) is 1. The minimum Gasteiger partial charge on any atom is -0.465 e. The molecule has 1 aliphatic rings. The first kappa shape index (κ1) is 18.0. The van der Waals surface area contributed by atoms with Gasteiger partial charge >= 0.3 is 11.9 Å². The van der Waals surface area contributed by atoms with Gasteiger partial charge in [0, 0.05) is 25.2 Å². The lowest BCUT2D eigenvalue weighted by atomic mass is 9.71. The molecule has 1 aromatic rings. The van der Waals surface area contributed by atoms with Gasteiger partial charge in [-0.2, -0.15) is 0 Å². The second-order valence-corrected chi connectivity index (χ2v) is 7.53. The zero-order chi connectivity index (χ0) is 18.3. The molecule has 0 saturated carbocycles. The number of piperazine rings is 1. The SMILES string of the molecule is C[C@H]1CN(C(=O)O)[C@](C)(C(C)(C)C)CN1c1ccc([N+](=O)[O-])nc1. The van der Waals surface area contributed by atoms with Crippen molar-refractivity contribution in [2.24, 2.45) is 5.41 Å². The molecule has 0 aromatic carbocycles. The van der Waals surface area contributed by atoms with E-state index in [0.717, 1.165) is 5.69 Å². The van der Waals surface area contributed by atoms with Crippen LogP contribution in [0.5, 0.6) is 0 Å². The third-order valence-electron chi connectivity index (χ3n) is 5.15. The number of aromatic nitrogens is 1. The Hall–Kier alpha value is -2.38. The van der Waals surface area contributed by atoms with Gasteiger partial charge in [-0.15, -0.1) is 0 Å². The highest BCUT2D eigenvalue weighted by Crippen LogP contribution is 2.41. The highest BCUT2D eigenvalue weighted by atomic mass is 16.6. The average molecular weight is 336 g/mol. The molecule has 0 unspecified atom stereocenters. The molecule has 1 aromatic heterocycles. The lowest BCUT2D eigenvalue weighted by Gasteiger charge is -2.56. The van der Waals surface area contributed by atoms with Crippen molar-refractivity contribution < 1.29 is 14.8 Å². The molecule has 1 fully saturated rings. The summed E-state index contributed by atoms with van der Waals surface area (Å²) in [6.45, 7) is 10.8. The molecule has 8 heteroatoms. The smallest absolute Gasteiger partial charge is 0.407 e. The molecule has 0 aliphatic carbocycles. The Morgan fingerprint density at radius 1 is 1.46 bits per heavy atom. The van der Waals surface area contributed by atoms with Crippen LogP contribution in [0.3, 0.4) is 0 Å². The molecular formula is C16H24N4O4. The summed E-state index contributed by atoms with van der Waals surface area (Å²) < 4.78 is 0. The molecule has 8 nitrogen and oxygen atoms in total. The van der Waals surface area contributed by atoms with Gasteiger partial charge in [0.1, 0.15) is 0 Å². The number of nitrogens with zero attached hydrogens (tertiary/aromatic N) is 4.